The van der Waals surface area contributed by atoms with Crippen LogP contribution in [-0.2, 0) is 0 Å². The molecule has 0 N–H and O–H groups in total. The van der Waals surface area contributed by atoms with E-state index in [1.54, 1.807) is 11.8 Å². The van der Waals surface area contributed by atoms with Gasteiger partial charge in [0.1, 0.15) is 17.1 Å². The van der Waals surface area contributed by atoms with Crippen molar-refractivity contribution in [3.8, 4) is 11.3 Å². The first-order valence-electron chi connectivity index (χ1n) is 7.03. The molecule has 3 nitrogen and oxygen atoms in total. The summed E-state index contributed by atoms with van der Waals surface area (Å²) >= 11 is 7.50. The molecule has 0 saturated heterocycles. The highest BCUT2D eigenvalue weighted by atomic mass is 35.5. The average Bonchev–Trinajstić information content (AvgIpc) is 3.03. The van der Waals surface area contributed by atoms with Crippen LogP contribution in [0.3, 0.4) is 0 Å². The maximum atomic E-state index is 5.93. The predicted molar refractivity (Wildman–Crippen MR) is 92.8 cm³/mol. The molecule has 0 unspecified atom stereocenters. The van der Waals surface area contributed by atoms with E-state index < -0.39 is 0 Å². The van der Waals surface area contributed by atoms with Gasteiger partial charge >= 0.3 is 0 Å². The number of nitrogens with zero attached hydrogens (tertiary/aromatic N) is 2. The minimum Gasteiger partial charge on any atom is -0.438 e. The van der Waals surface area contributed by atoms with E-state index in [1.165, 1.54) is 6.33 Å². The van der Waals surface area contributed by atoms with Crippen LogP contribution in [0.1, 0.15) is 0 Å². The Kier molecular flexibility index (Phi) is 3.77. The topological polar surface area (TPSA) is 38.9 Å². The lowest BCUT2D eigenvalue weighted by Crippen LogP contribution is -1.83. The number of hydrogen-bond acceptors (Lipinski definition) is 4. The van der Waals surface area contributed by atoms with Crippen LogP contribution in [0.15, 0.2) is 81.3 Å². The second-order valence-corrected chi connectivity index (χ2v) is 6.43. The fraction of sp³-hybridized carbons (Fsp3) is 0. The van der Waals surface area contributed by atoms with Crippen LogP contribution in [0.2, 0.25) is 5.02 Å². The number of rotatable bonds is 3. The molecule has 4 aromatic rings. The van der Waals surface area contributed by atoms with Gasteiger partial charge in [0.15, 0.2) is 0 Å². The molecule has 0 aliphatic carbocycles. The molecule has 0 amide bonds. The maximum Gasteiger partial charge on any atom is 0.230 e. The van der Waals surface area contributed by atoms with Gasteiger partial charge in [-0.2, -0.15) is 0 Å². The molecule has 112 valence electrons. The molecule has 0 bridgehead atoms. The lowest BCUT2D eigenvalue weighted by atomic mass is 10.2. The zero-order chi connectivity index (χ0) is 15.6. The third kappa shape index (κ3) is 2.96. The molecular formula is C18H11ClN2OS. The lowest BCUT2D eigenvalue weighted by Gasteiger charge is -2.01. The first-order chi connectivity index (χ1) is 11.3. The quantitative estimate of drug-likeness (QED) is 0.449. The maximum absolute atomic E-state index is 5.93. The zero-order valence-electron chi connectivity index (χ0n) is 11.9. The van der Waals surface area contributed by atoms with Crippen LogP contribution >= 0.6 is 23.4 Å². The Morgan fingerprint density at radius 2 is 1.70 bits per heavy atom. The summed E-state index contributed by atoms with van der Waals surface area (Å²) in [4.78, 5) is 9.69. The highest BCUT2D eigenvalue weighted by Crippen LogP contribution is 2.35. The van der Waals surface area contributed by atoms with E-state index in [-0.39, 0.29) is 0 Å². The highest BCUT2D eigenvalue weighted by molar-refractivity contribution is 7.99. The van der Waals surface area contributed by atoms with Gasteiger partial charge in [0, 0.05) is 15.5 Å². The molecule has 2 aromatic carbocycles. The van der Waals surface area contributed by atoms with Gasteiger partial charge in [-0.1, -0.05) is 53.7 Å². The first kappa shape index (κ1) is 14.3. The van der Waals surface area contributed by atoms with Gasteiger partial charge in [0.25, 0.3) is 0 Å². The smallest absolute Gasteiger partial charge is 0.230 e. The standard InChI is InChI=1S/C18H11ClN2OS/c19-13-6-8-14(9-7-13)23-18-15-10-16(12-4-2-1-3-5-12)22-17(15)20-11-21-18/h1-11H. The molecule has 2 aromatic heterocycles. The summed E-state index contributed by atoms with van der Waals surface area (Å²) in [7, 11) is 0. The fourth-order valence-electron chi connectivity index (χ4n) is 2.27. The summed E-state index contributed by atoms with van der Waals surface area (Å²) in [6, 6.07) is 19.6. The van der Waals surface area contributed by atoms with Crippen LogP contribution in [0.4, 0.5) is 0 Å². The van der Waals surface area contributed by atoms with Gasteiger partial charge < -0.3 is 4.42 Å². The molecule has 0 atom stereocenters. The Balaban J connectivity index is 1.75. The lowest BCUT2D eigenvalue weighted by molar-refractivity contribution is 0.616. The molecule has 0 aliphatic heterocycles. The van der Waals surface area contributed by atoms with Crippen LogP contribution in [0.5, 0.6) is 0 Å². The van der Waals surface area contributed by atoms with Gasteiger partial charge in [-0.3, -0.25) is 0 Å². The molecule has 0 saturated carbocycles. The predicted octanol–water partition coefficient (Wildman–Crippen LogP) is 5.69. The normalized spacial score (nSPS) is 11.0. The SMILES string of the molecule is Clc1ccc(Sc2ncnc3oc(-c4ccccc4)cc23)cc1. The van der Waals surface area contributed by atoms with E-state index in [9.17, 15) is 0 Å². The number of halogens is 1. The number of aromatic nitrogens is 2. The van der Waals surface area contributed by atoms with E-state index in [1.807, 2.05) is 60.7 Å². The summed E-state index contributed by atoms with van der Waals surface area (Å²) in [6.45, 7) is 0. The van der Waals surface area contributed by atoms with Crippen LogP contribution in [0, 0.1) is 0 Å². The van der Waals surface area contributed by atoms with E-state index in [4.69, 9.17) is 16.0 Å². The first-order valence-corrected chi connectivity index (χ1v) is 8.22. The van der Waals surface area contributed by atoms with Gasteiger partial charge in [0.2, 0.25) is 5.71 Å². The Labute approximate surface area is 142 Å². The van der Waals surface area contributed by atoms with E-state index >= 15 is 0 Å². The van der Waals surface area contributed by atoms with Crippen molar-refractivity contribution in [2.75, 3.05) is 0 Å². The van der Waals surface area contributed by atoms with Crippen molar-refractivity contribution < 1.29 is 4.42 Å². The molecule has 5 heteroatoms. The number of fused-ring (bicyclic) bond motifs is 1. The minimum atomic E-state index is 0.593. The summed E-state index contributed by atoms with van der Waals surface area (Å²) in [5.74, 6) is 0.791. The second kappa shape index (κ2) is 6.07. The third-order valence-electron chi connectivity index (χ3n) is 3.38. The molecule has 0 fully saturated rings. The molecule has 23 heavy (non-hydrogen) atoms. The van der Waals surface area contributed by atoms with Gasteiger partial charge in [-0.25, -0.2) is 9.97 Å². The number of furan rings is 1. The molecule has 0 radical (unpaired) electrons. The zero-order valence-corrected chi connectivity index (χ0v) is 13.5. The van der Waals surface area contributed by atoms with Gasteiger partial charge in [-0.05, 0) is 30.3 Å². The van der Waals surface area contributed by atoms with Crippen LogP contribution in [0.25, 0.3) is 22.4 Å². The van der Waals surface area contributed by atoms with Crippen LogP contribution in [-0.4, -0.2) is 9.97 Å². The molecular weight excluding hydrogens is 328 g/mol. The van der Waals surface area contributed by atoms with Gasteiger partial charge in [0.05, 0.1) is 5.39 Å². The monoisotopic (exact) mass is 338 g/mol. The summed E-state index contributed by atoms with van der Waals surface area (Å²) in [5.41, 5.74) is 1.61. The Bertz CT molecular complexity index is 952. The van der Waals surface area contributed by atoms with Gasteiger partial charge in [-0.15, -0.1) is 0 Å². The average molecular weight is 339 g/mol. The van der Waals surface area contributed by atoms with E-state index in [0.29, 0.717) is 5.71 Å². The van der Waals surface area contributed by atoms with Crippen molar-refractivity contribution in [1.82, 2.24) is 9.97 Å². The minimum absolute atomic E-state index is 0.593. The van der Waals surface area contributed by atoms with Crippen molar-refractivity contribution in [2.24, 2.45) is 0 Å². The molecule has 2 heterocycles. The number of hydrogen-bond donors (Lipinski definition) is 0. The summed E-state index contributed by atoms with van der Waals surface area (Å²) in [5, 5.41) is 2.49. The van der Waals surface area contributed by atoms with Crippen molar-refractivity contribution in [1.29, 1.82) is 0 Å². The molecule has 0 aliphatic rings. The summed E-state index contributed by atoms with van der Waals surface area (Å²) in [6.07, 6.45) is 1.53. The largest absolute Gasteiger partial charge is 0.438 e. The Hall–Kier alpha value is -2.30. The van der Waals surface area contributed by atoms with Crippen molar-refractivity contribution in [3.05, 3.63) is 72.0 Å². The van der Waals surface area contributed by atoms with Crippen LogP contribution < -0.4 is 0 Å². The molecule has 4 rings (SSSR count). The molecule has 0 spiro atoms. The van der Waals surface area contributed by atoms with E-state index in [2.05, 4.69) is 9.97 Å². The highest BCUT2D eigenvalue weighted by Gasteiger charge is 2.12. The Morgan fingerprint density at radius 1 is 0.913 bits per heavy atom. The van der Waals surface area contributed by atoms with Crippen molar-refractivity contribution >= 4 is 34.5 Å². The van der Waals surface area contributed by atoms with E-state index in [0.717, 1.165) is 31.7 Å². The van der Waals surface area contributed by atoms with Crippen molar-refractivity contribution in [3.63, 3.8) is 0 Å². The third-order valence-corrected chi connectivity index (χ3v) is 4.66. The Morgan fingerprint density at radius 3 is 2.48 bits per heavy atom. The second-order valence-electron chi connectivity index (χ2n) is 4.93. The summed E-state index contributed by atoms with van der Waals surface area (Å²) < 4.78 is 5.87. The fourth-order valence-corrected chi connectivity index (χ4v) is 3.25. The van der Waals surface area contributed by atoms with Crippen molar-refractivity contribution in [2.45, 2.75) is 9.92 Å². The number of benzene rings is 2.